The molecule has 1 aliphatic heterocycles. The van der Waals surface area contributed by atoms with E-state index in [0.29, 0.717) is 25.3 Å². The van der Waals surface area contributed by atoms with Gasteiger partial charge in [0.25, 0.3) is 5.91 Å². The standard InChI is InChI=1S/C13H17NO4/c1-2-7-14(8-9-3-4-9)12(15)10-5-6-11(18-10)13(16)17/h1,9-11H,3-8H2,(H,16,17). The van der Waals surface area contributed by atoms with Crippen LogP contribution < -0.4 is 0 Å². The molecule has 2 fully saturated rings. The molecular weight excluding hydrogens is 234 g/mol. The van der Waals surface area contributed by atoms with E-state index in [1.807, 2.05) is 0 Å². The van der Waals surface area contributed by atoms with E-state index in [2.05, 4.69) is 5.92 Å². The van der Waals surface area contributed by atoms with Gasteiger partial charge in [-0.2, -0.15) is 0 Å². The lowest BCUT2D eigenvalue weighted by molar-refractivity contribution is -0.154. The summed E-state index contributed by atoms with van der Waals surface area (Å²) in [5.41, 5.74) is 0. The quantitative estimate of drug-likeness (QED) is 0.722. The summed E-state index contributed by atoms with van der Waals surface area (Å²) in [6.07, 6.45) is 6.88. The summed E-state index contributed by atoms with van der Waals surface area (Å²) in [5, 5.41) is 8.83. The van der Waals surface area contributed by atoms with Gasteiger partial charge in [0.2, 0.25) is 0 Å². The molecule has 0 aromatic heterocycles. The summed E-state index contributed by atoms with van der Waals surface area (Å²) < 4.78 is 5.25. The molecule has 1 saturated carbocycles. The van der Waals surface area contributed by atoms with Gasteiger partial charge in [-0.25, -0.2) is 4.79 Å². The Morgan fingerprint density at radius 3 is 2.44 bits per heavy atom. The second-order valence-electron chi connectivity index (χ2n) is 4.90. The van der Waals surface area contributed by atoms with Crippen LogP contribution in [0.2, 0.25) is 0 Å². The van der Waals surface area contributed by atoms with Gasteiger partial charge in [0.15, 0.2) is 6.10 Å². The number of carboxylic acids is 1. The first kappa shape index (κ1) is 12.9. The third-order valence-corrected chi connectivity index (χ3v) is 3.34. The number of carbonyl (C=O) groups excluding carboxylic acids is 1. The van der Waals surface area contributed by atoms with E-state index < -0.39 is 18.2 Å². The lowest BCUT2D eigenvalue weighted by atomic mass is 10.1. The molecular formula is C13H17NO4. The first-order valence-corrected chi connectivity index (χ1v) is 6.22. The zero-order chi connectivity index (χ0) is 13.1. The van der Waals surface area contributed by atoms with Gasteiger partial charge < -0.3 is 14.7 Å². The maximum absolute atomic E-state index is 12.2. The number of aliphatic carboxylic acids is 1. The van der Waals surface area contributed by atoms with Gasteiger partial charge in [-0.15, -0.1) is 6.42 Å². The van der Waals surface area contributed by atoms with E-state index >= 15 is 0 Å². The molecule has 2 rings (SSSR count). The molecule has 98 valence electrons. The first-order chi connectivity index (χ1) is 8.61. The summed E-state index contributed by atoms with van der Waals surface area (Å²) in [5.74, 6) is 1.86. The number of carboxylic acid groups (broad SMARTS) is 1. The Balaban J connectivity index is 1.91. The zero-order valence-electron chi connectivity index (χ0n) is 10.2. The number of hydrogen-bond acceptors (Lipinski definition) is 3. The van der Waals surface area contributed by atoms with Crippen LogP contribution in [0.25, 0.3) is 0 Å². The Labute approximate surface area is 106 Å². The SMILES string of the molecule is C#CCN(CC1CC1)C(=O)C1CCC(C(=O)O)O1. The maximum atomic E-state index is 12.2. The van der Waals surface area contributed by atoms with Crippen molar-refractivity contribution in [3.8, 4) is 12.3 Å². The lowest BCUT2D eigenvalue weighted by Gasteiger charge is -2.23. The van der Waals surface area contributed by atoms with Crippen LogP contribution in [0, 0.1) is 18.3 Å². The molecule has 0 spiro atoms. The van der Waals surface area contributed by atoms with Gasteiger partial charge in [-0.3, -0.25) is 4.79 Å². The first-order valence-electron chi connectivity index (χ1n) is 6.22. The molecule has 0 aromatic carbocycles. The number of rotatable bonds is 5. The van der Waals surface area contributed by atoms with Crippen LogP contribution in [0.4, 0.5) is 0 Å². The van der Waals surface area contributed by atoms with Crippen molar-refractivity contribution in [3.63, 3.8) is 0 Å². The number of hydrogen-bond donors (Lipinski definition) is 1. The molecule has 0 bridgehead atoms. The average molecular weight is 251 g/mol. The largest absolute Gasteiger partial charge is 0.479 e. The third kappa shape index (κ3) is 3.02. The molecule has 2 unspecified atom stereocenters. The molecule has 1 saturated heterocycles. The molecule has 5 heteroatoms. The van der Waals surface area contributed by atoms with E-state index in [0.717, 1.165) is 12.8 Å². The predicted octanol–water partition coefficient (Wildman–Crippen LogP) is 0.490. The van der Waals surface area contributed by atoms with Crippen LogP contribution in [-0.2, 0) is 14.3 Å². The Morgan fingerprint density at radius 1 is 1.28 bits per heavy atom. The van der Waals surface area contributed by atoms with Crippen LogP contribution in [0.5, 0.6) is 0 Å². The molecule has 2 atom stereocenters. The summed E-state index contributed by atoms with van der Waals surface area (Å²) in [6, 6.07) is 0. The highest BCUT2D eigenvalue weighted by atomic mass is 16.5. The molecule has 1 heterocycles. The Morgan fingerprint density at radius 2 is 1.94 bits per heavy atom. The van der Waals surface area contributed by atoms with Crippen molar-refractivity contribution in [3.05, 3.63) is 0 Å². The second kappa shape index (κ2) is 5.40. The minimum absolute atomic E-state index is 0.163. The van der Waals surface area contributed by atoms with Crippen LogP contribution in [0.1, 0.15) is 25.7 Å². The van der Waals surface area contributed by atoms with Crippen LogP contribution in [0.15, 0.2) is 0 Å². The topological polar surface area (TPSA) is 66.8 Å². The van der Waals surface area contributed by atoms with Gasteiger partial charge in [-0.05, 0) is 31.6 Å². The normalized spacial score (nSPS) is 26.6. The van der Waals surface area contributed by atoms with E-state index in [1.54, 1.807) is 4.90 Å². The van der Waals surface area contributed by atoms with Gasteiger partial charge >= 0.3 is 5.97 Å². The minimum atomic E-state index is -1.00. The highest BCUT2D eigenvalue weighted by molar-refractivity contribution is 5.83. The van der Waals surface area contributed by atoms with Crippen LogP contribution in [-0.4, -0.2) is 47.2 Å². The fourth-order valence-corrected chi connectivity index (χ4v) is 2.16. The molecule has 18 heavy (non-hydrogen) atoms. The Kier molecular flexibility index (Phi) is 3.87. The zero-order valence-corrected chi connectivity index (χ0v) is 10.2. The minimum Gasteiger partial charge on any atom is -0.479 e. The number of terminal acetylenes is 1. The van der Waals surface area contributed by atoms with Crippen molar-refractivity contribution in [2.24, 2.45) is 5.92 Å². The van der Waals surface area contributed by atoms with E-state index in [4.69, 9.17) is 16.3 Å². The molecule has 1 N–H and O–H groups in total. The lowest BCUT2D eigenvalue weighted by Crippen LogP contribution is -2.41. The van der Waals surface area contributed by atoms with Crippen molar-refractivity contribution >= 4 is 11.9 Å². The van der Waals surface area contributed by atoms with Gasteiger partial charge in [-0.1, -0.05) is 5.92 Å². The third-order valence-electron chi connectivity index (χ3n) is 3.34. The fourth-order valence-electron chi connectivity index (χ4n) is 2.16. The molecule has 0 aromatic rings. The van der Waals surface area contributed by atoms with Crippen molar-refractivity contribution in [2.75, 3.05) is 13.1 Å². The molecule has 1 aliphatic carbocycles. The molecule has 1 amide bonds. The second-order valence-corrected chi connectivity index (χ2v) is 4.90. The number of nitrogens with zero attached hydrogens (tertiary/aromatic N) is 1. The van der Waals surface area contributed by atoms with E-state index in [9.17, 15) is 9.59 Å². The monoisotopic (exact) mass is 251 g/mol. The number of carbonyl (C=O) groups is 2. The summed E-state index contributed by atoms with van der Waals surface area (Å²) >= 11 is 0. The number of amides is 1. The van der Waals surface area contributed by atoms with Gasteiger partial charge in [0.1, 0.15) is 6.10 Å². The smallest absolute Gasteiger partial charge is 0.332 e. The van der Waals surface area contributed by atoms with E-state index in [1.165, 1.54) is 0 Å². The highest BCUT2D eigenvalue weighted by Crippen LogP contribution is 2.30. The summed E-state index contributed by atoms with van der Waals surface area (Å²) in [4.78, 5) is 24.6. The Bertz CT molecular complexity index is 383. The van der Waals surface area contributed by atoms with Crippen molar-refractivity contribution in [2.45, 2.75) is 37.9 Å². The molecule has 2 aliphatic rings. The van der Waals surface area contributed by atoms with Crippen LogP contribution in [0.3, 0.4) is 0 Å². The fraction of sp³-hybridized carbons (Fsp3) is 0.692. The Hall–Kier alpha value is -1.54. The van der Waals surface area contributed by atoms with Crippen LogP contribution >= 0.6 is 0 Å². The van der Waals surface area contributed by atoms with Crippen molar-refractivity contribution < 1.29 is 19.4 Å². The maximum Gasteiger partial charge on any atom is 0.332 e. The predicted molar refractivity (Wildman–Crippen MR) is 63.7 cm³/mol. The molecule has 0 radical (unpaired) electrons. The van der Waals surface area contributed by atoms with Crippen molar-refractivity contribution in [1.29, 1.82) is 0 Å². The molecule has 5 nitrogen and oxygen atoms in total. The van der Waals surface area contributed by atoms with Gasteiger partial charge in [0.05, 0.1) is 6.54 Å². The number of ether oxygens (including phenoxy) is 1. The summed E-state index contributed by atoms with van der Waals surface area (Å²) in [7, 11) is 0. The van der Waals surface area contributed by atoms with E-state index in [-0.39, 0.29) is 12.5 Å². The van der Waals surface area contributed by atoms with Crippen molar-refractivity contribution in [1.82, 2.24) is 4.90 Å². The highest BCUT2D eigenvalue weighted by Gasteiger charge is 2.37. The summed E-state index contributed by atoms with van der Waals surface area (Å²) in [6.45, 7) is 0.938. The average Bonchev–Trinajstić information content (AvgIpc) is 3.01. The van der Waals surface area contributed by atoms with Gasteiger partial charge in [0, 0.05) is 6.54 Å².